The van der Waals surface area contributed by atoms with Gasteiger partial charge in [-0.3, -0.25) is 9.10 Å². The van der Waals surface area contributed by atoms with E-state index in [0.29, 0.717) is 30.0 Å². The Morgan fingerprint density at radius 3 is 2.47 bits per heavy atom. The normalized spacial score (nSPS) is 11.4. The molecule has 0 aliphatic rings. The minimum atomic E-state index is -3.79. The number of nitrogens with zero attached hydrogens (tertiary/aromatic N) is 1. The van der Waals surface area contributed by atoms with Crippen molar-refractivity contribution in [2.24, 2.45) is 0 Å². The van der Waals surface area contributed by atoms with E-state index in [1.165, 1.54) is 18.2 Å². The zero-order chi connectivity index (χ0) is 22.3. The summed E-state index contributed by atoms with van der Waals surface area (Å²) in [5.74, 6) is 0.531. The van der Waals surface area contributed by atoms with Gasteiger partial charge >= 0.3 is 0 Å². The number of hydrogen-bond donors (Lipinski definition) is 1. The summed E-state index contributed by atoms with van der Waals surface area (Å²) < 4.78 is 38.8. The molecule has 0 unspecified atom stereocenters. The van der Waals surface area contributed by atoms with Gasteiger partial charge < -0.3 is 5.32 Å². The number of benzene rings is 2. The number of carbonyl (C=O) groups is 1. The van der Waals surface area contributed by atoms with E-state index in [4.69, 9.17) is 34.8 Å². The minimum absolute atomic E-state index is 0.0622. The third-order valence-corrected chi connectivity index (χ3v) is 7.19. The Morgan fingerprint density at radius 1 is 1.13 bits per heavy atom. The second-order valence-corrected chi connectivity index (χ2v) is 10.6. The Balaban J connectivity index is 1.85. The van der Waals surface area contributed by atoms with Gasteiger partial charge in [0.15, 0.2) is 0 Å². The molecule has 0 saturated heterocycles. The van der Waals surface area contributed by atoms with Crippen molar-refractivity contribution >= 4 is 68.2 Å². The van der Waals surface area contributed by atoms with Crippen LogP contribution in [-0.2, 0) is 20.6 Å². The van der Waals surface area contributed by atoms with E-state index >= 15 is 0 Å². The lowest BCUT2D eigenvalue weighted by Gasteiger charge is -2.23. The highest BCUT2D eigenvalue weighted by Gasteiger charge is 2.24. The van der Waals surface area contributed by atoms with E-state index in [2.05, 4.69) is 5.32 Å². The summed E-state index contributed by atoms with van der Waals surface area (Å²) in [6.07, 6.45) is 1.62. The maximum Gasteiger partial charge on any atom is 0.240 e. The number of hydrogen-bond acceptors (Lipinski definition) is 4. The molecule has 0 aromatic heterocycles. The molecule has 0 heterocycles. The van der Waals surface area contributed by atoms with Crippen LogP contribution >= 0.6 is 46.6 Å². The quantitative estimate of drug-likeness (QED) is 0.359. The average Bonchev–Trinajstić information content (AvgIpc) is 2.66. The first-order valence-electron chi connectivity index (χ1n) is 8.79. The topological polar surface area (TPSA) is 66.5 Å². The molecule has 30 heavy (non-hydrogen) atoms. The van der Waals surface area contributed by atoms with Crippen LogP contribution in [0.1, 0.15) is 12.0 Å². The van der Waals surface area contributed by atoms with Gasteiger partial charge in [-0.1, -0.05) is 53.0 Å². The fraction of sp³-hybridized carbons (Fsp3) is 0.316. The highest BCUT2D eigenvalue weighted by molar-refractivity contribution is 7.98. The van der Waals surface area contributed by atoms with Gasteiger partial charge in [0, 0.05) is 12.3 Å². The third kappa shape index (κ3) is 7.50. The molecular formula is C19H20Cl3FN2O3S2. The van der Waals surface area contributed by atoms with Gasteiger partial charge in [-0.05, 0) is 35.9 Å². The summed E-state index contributed by atoms with van der Waals surface area (Å²) in [4.78, 5) is 12.3. The van der Waals surface area contributed by atoms with Crippen molar-refractivity contribution in [3.8, 4) is 0 Å². The van der Waals surface area contributed by atoms with Crippen LogP contribution in [0.2, 0.25) is 15.1 Å². The van der Waals surface area contributed by atoms with Crippen LogP contribution in [0.15, 0.2) is 36.4 Å². The molecular weight excluding hydrogens is 494 g/mol. The number of sulfonamides is 1. The van der Waals surface area contributed by atoms with Crippen molar-refractivity contribution in [1.29, 1.82) is 0 Å². The van der Waals surface area contributed by atoms with Crippen LogP contribution in [0.3, 0.4) is 0 Å². The van der Waals surface area contributed by atoms with Crippen molar-refractivity contribution in [1.82, 2.24) is 5.32 Å². The van der Waals surface area contributed by atoms with E-state index in [0.717, 1.165) is 10.6 Å². The smallest absolute Gasteiger partial charge is 0.240 e. The van der Waals surface area contributed by atoms with Crippen molar-refractivity contribution < 1.29 is 17.6 Å². The van der Waals surface area contributed by atoms with E-state index in [-0.39, 0.29) is 26.6 Å². The molecule has 2 aromatic rings. The standard InChI is InChI=1S/C19H20Cl3FN2O3S2/c1-30(27,28)25(18-10-15(21)14(20)9-16(18)22)11-19(26)24-7-4-8-29-12-13-5-2-3-6-17(13)23/h2-3,5-6,9-10H,4,7-8,11-12H2,1H3,(H,24,26). The first-order chi connectivity index (χ1) is 14.1. The number of nitrogens with one attached hydrogen (secondary N) is 1. The molecule has 2 rings (SSSR count). The fourth-order valence-electron chi connectivity index (χ4n) is 2.47. The van der Waals surface area contributed by atoms with Gasteiger partial charge in [0.2, 0.25) is 15.9 Å². The molecule has 0 radical (unpaired) electrons. The maximum absolute atomic E-state index is 13.6. The van der Waals surface area contributed by atoms with Gasteiger partial charge in [-0.2, -0.15) is 11.8 Å². The highest BCUT2D eigenvalue weighted by atomic mass is 35.5. The number of anilines is 1. The molecule has 164 valence electrons. The van der Waals surface area contributed by atoms with Crippen LogP contribution in [0.4, 0.5) is 10.1 Å². The molecule has 0 fully saturated rings. The van der Waals surface area contributed by atoms with Crippen LogP contribution in [0.25, 0.3) is 0 Å². The molecule has 0 spiro atoms. The highest BCUT2D eigenvalue weighted by Crippen LogP contribution is 2.35. The van der Waals surface area contributed by atoms with Crippen LogP contribution in [0, 0.1) is 5.82 Å². The van der Waals surface area contributed by atoms with Crippen LogP contribution in [-0.4, -0.2) is 39.4 Å². The van der Waals surface area contributed by atoms with Crippen molar-refractivity contribution in [2.45, 2.75) is 12.2 Å². The van der Waals surface area contributed by atoms with E-state index < -0.39 is 22.5 Å². The molecule has 0 bridgehead atoms. The Kier molecular flexibility index (Phi) is 9.56. The van der Waals surface area contributed by atoms with E-state index in [9.17, 15) is 17.6 Å². The predicted octanol–water partition coefficient (Wildman–Crippen LogP) is 4.99. The minimum Gasteiger partial charge on any atom is -0.354 e. The summed E-state index contributed by atoms with van der Waals surface area (Å²) >= 11 is 19.5. The lowest BCUT2D eigenvalue weighted by atomic mass is 10.2. The zero-order valence-electron chi connectivity index (χ0n) is 16.0. The summed E-state index contributed by atoms with van der Waals surface area (Å²) in [6.45, 7) is -0.0886. The Morgan fingerprint density at radius 2 is 1.80 bits per heavy atom. The SMILES string of the molecule is CS(=O)(=O)N(CC(=O)NCCCSCc1ccccc1F)c1cc(Cl)c(Cl)cc1Cl. The van der Waals surface area contributed by atoms with Gasteiger partial charge in [0.25, 0.3) is 0 Å². The van der Waals surface area contributed by atoms with Crippen molar-refractivity contribution in [3.05, 3.63) is 62.8 Å². The second kappa shape index (κ2) is 11.4. The molecule has 0 aliphatic carbocycles. The summed E-state index contributed by atoms with van der Waals surface area (Å²) in [6, 6.07) is 9.21. The number of thioether (sulfide) groups is 1. The van der Waals surface area contributed by atoms with Crippen molar-refractivity contribution in [2.75, 3.05) is 29.4 Å². The Labute approximate surface area is 194 Å². The number of carbonyl (C=O) groups excluding carboxylic acids is 1. The maximum atomic E-state index is 13.6. The van der Waals surface area contributed by atoms with Crippen molar-refractivity contribution in [3.63, 3.8) is 0 Å². The lowest BCUT2D eigenvalue weighted by Crippen LogP contribution is -2.40. The number of halogens is 4. The molecule has 0 saturated carbocycles. The molecule has 1 amide bonds. The van der Waals surface area contributed by atoms with E-state index in [1.807, 2.05) is 0 Å². The second-order valence-electron chi connectivity index (χ2n) is 6.33. The van der Waals surface area contributed by atoms with Gasteiger partial charge in [0.05, 0.1) is 27.0 Å². The number of amides is 1. The van der Waals surface area contributed by atoms with E-state index in [1.54, 1.807) is 30.0 Å². The largest absolute Gasteiger partial charge is 0.354 e. The van der Waals surface area contributed by atoms with Gasteiger partial charge in [0.1, 0.15) is 12.4 Å². The molecule has 11 heteroatoms. The fourth-order valence-corrected chi connectivity index (χ4v) is 4.97. The Hall–Kier alpha value is -1.19. The zero-order valence-corrected chi connectivity index (χ0v) is 19.9. The molecule has 5 nitrogen and oxygen atoms in total. The van der Waals surface area contributed by atoms with Gasteiger partial charge in [-0.25, -0.2) is 12.8 Å². The summed E-state index contributed by atoms with van der Waals surface area (Å²) in [5.41, 5.74) is 0.706. The lowest BCUT2D eigenvalue weighted by molar-refractivity contribution is -0.119. The third-order valence-electron chi connectivity index (χ3n) is 3.95. The summed E-state index contributed by atoms with van der Waals surface area (Å²) in [5, 5.41) is 3.04. The molecule has 0 atom stereocenters. The average molecular weight is 514 g/mol. The molecule has 2 aromatic carbocycles. The van der Waals surface area contributed by atoms with Crippen LogP contribution < -0.4 is 9.62 Å². The van der Waals surface area contributed by atoms with Gasteiger partial charge in [-0.15, -0.1) is 0 Å². The molecule has 1 N–H and O–H groups in total. The summed E-state index contributed by atoms with van der Waals surface area (Å²) in [7, 11) is -3.79. The van der Waals surface area contributed by atoms with Crippen LogP contribution in [0.5, 0.6) is 0 Å². The molecule has 0 aliphatic heterocycles. The number of rotatable bonds is 10. The first-order valence-corrected chi connectivity index (χ1v) is 12.9. The monoisotopic (exact) mass is 512 g/mol. The predicted molar refractivity (Wildman–Crippen MR) is 124 cm³/mol. The first kappa shape index (κ1) is 25.1. The Bertz CT molecular complexity index is 1010.